The van der Waals surface area contributed by atoms with E-state index in [2.05, 4.69) is 0 Å². The van der Waals surface area contributed by atoms with Crippen LogP contribution in [0.15, 0.2) is 46.1 Å². The number of nitrogens with zero attached hydrogens (tertiary/aromatic N) is 1. The summed E-state index contributed by atoms with van der Waals surface area (Å²) < 4.78 is 33.9. The number of aromatic amines is 1. The molecule has 0 radical (unpaired) electrons. The third-order valence-electron chi connectivity index (χ3n) is 4.09. The van der Waals surface area contributed by atoms with E-state index in [4.69, 9.17) is 4.74 Å². The maximum atomic E-state index is 14.2. The van der Waals surface area contributed by atoms with E-state index >= 15 is 0 Å². The van der Waals surface area contributed by atoms with Gasteiger partial charge in [-0.1, -0.05) is 30.3 Å². The normalized spacial score (nSPS) is 23.5. The third-order valence-corrected chi connectivity index (χ3v) is 4.09. The molecule has 122 valence electrons. The first-order chi connectivity index (χ1) is 11.1. The molecule has 1 fully saturated rings. The van der Waals surface area contributed by atoms with Crippen molar-refractivity contribution < 1.29 is 13.5 Å². The summed E-state index contributed by atoms with van der Waals surface area (Å²) in [6.07, 6.45) is -0.186. The molecule has 1 aliphatic rings. The fourth-order valence-electron chi connectivity index (χ4n) is 2.72. The van der Waals surface area contributed by atoms with Gasteiger partial charge < -0.3 is 4.74 Å². The van der Waals surface area contributed by atoms with Crippen molar-refractivity contribution in [1.82, 2.24) is 9.55 Å². The van der Waals surface area contributed by atoms with Gasteiger partial charge in [0, 0.05) is 5.92 Å². The molecule has 1 aromatic carbocycles. The number of rotatable bonds is 5. The molecule has 1 aromatic heterocycles. The van der Waals surface area contributed by atoms with Crippen LogP contribution in [-0.4, -0.2) is 22.3 Å². The Bertz CT molecular complexity index is 788. The second kappa shape index (κ2) is 6.45. The van der Waals surface area contributed by atoms with E-state index in [0.717, 1.165) is 16.3 Å². The fourth-order valence-corrected chi connectivity index (χ4v) is 2.72. The van der Waals surface area contributed by atoms with Crippen molar-refractivity contribution in [3.63, 3.8) is 0 Å². The first-order valence-corrected chi connectivity index (χ1v) is 7.33. The van der Waals surface area contributed by atoms with E-state index < -0.39 is 29.3 Å². The Morgan fingerprint density at radius 2 is 2.00 bits per heavy atom. The highest BCUT2D eigenvalue weighted by Crippen LogP contribution is 2.40. The summed E-state index contributed by atoms with van der Waals surface area (Å²) in [7, 11) is 0. The van der Waals surface area contributed by atoms with E-state index in [1.54, 1.807) is 0 Å². The Morgan fingerprint density at radius 3 is 2.70 bits per heavy atom. The predicted molar refractivity (Wildman–Crippen MR) is 79.4 cm³/mol. The lowest BCUT2D eigenvalue weighted by atomic mass is 9.78. The molecule has 1 unspecified atom stereocenters. The molecule has 2 aromatic rings. The first-order valence-electron chi connectivity index (χ1n) is 7.33. The number of hydrogen-bond acceptors (Lipinski definition) is 3. The summed E-state index contributed by atoms with van der Waals surface area (Å²) in [5.74, 6) is -1.44. The Balaban J connectivity index is 1.56. The number of nitrogens with one attached hydrogen (secondary N) is 1. The zero-order valence-electron chi connectivity index (χ0n) is 12.2. The van der Waals surface area contributed by atoms with Gasteiger partial charge >= 0.3 is 5.69 Å². The molecule has 0 bridgehead atoms. The summed E-state index contributed by atoms with van der Waals surface area (Å²) >= 11 is 0. The molecule has 5 nitrogen and oxygen atoms in total. The van der Waals surface area contributed by atoms with Crippen LogP contribution in [0.2, 0.25) is 0 Å². The molecule has 1 saturated carbocycles. The van der Waals surface area contributed by atoms with Gasteiger partial charge in [0.2, 0.25) is 5.82 Å². The zero-order chi connectivity index (χ0) is 16.4. The van der Waals surface area contributed by atoms with Crippen LogP contribution < -0.4 is 11.2 Å². The van der Waals surface area contributed by atoms with Gasteiger partial charge in [0.15, 0.2) is 0 Å². The maximum absolute atomic E-state index is 14.2. The van der Waals surface area contributed by atoms with Crippen molar-refractivity contribution >= 4 is 0 Å². The van der Waals surface area contributed by atoms with Crippen molar-refractivity contribution in [2.45, 2.75) is 25.2 Å². The monoisotopic (exact) mass is 322 g/mol. The summed E-state index contributed by atoms with van der Waals surface area (Å²) in [5, 5.41) is 0. The first kappa shape index (κ1) is 15.6. The molecular formula is C16H16F2N2O3. The van der Waals surface area contributed by atoms with E-state index in [-0.39, 0.29) is 12.5 Å². The van der Waals surface area contributed by atoms with Crippen LogP contribution in [0.3, 0.4) is 0 Å². The quantitative estimate of drug-likeness (QED) is 0.913. The number of alkyl halides is 1. The molecule has 3 atom stereocenters. The van der Waals surface area contributed by atoms with Crippen molar-refractivity contribution in [1.29, 1.82) is 0 Å². The van der Waals surface area contributed by atoms with Crippen LogP contribution >= 0.6 is 0 Å². The minimum atomic E-state index is -1.31. The lowest BCUT2D eigenvalue weighted by Crippen LogP contribution is -2.47. The standard InChI is InChI=1S/C16H16F2N2O3/c17-12-7-20(16(22)19-15(12)21)13-6-11(14(13)18)9-23-8-10-4-2-1-3-5-10/h1-5,7,11,13-14H,6,8-9H2,(H,19,21,22)/t11-,13-,14?/m1/s1. The number of ether oxygens (including phenoxy) is 1. The van der Waals surface area contributed by atoms with Crippen molar-refractivity contribution in [2.75, 3.05) is 6.61 Å². The molecule has 0 aliphatic heterocycles. The SMILES string of the molecule is O=c1[nH]c(=O)n([C@@H]2C[C@H](COCc3ccccc3)C2F)cc1F. The van der Waals surface area contributed by atoms with Gasteiger partial charge in [0.05, 0.1) is 25.5 Å². The lowest BCUT2D eigenvalue weighted by Gasteiger charge is -2.39. The Kier molecular flexibility index (Phi) is 4.38. The van der Waals surface area contributed by atoms with Crippen LogP contribution in [0.1, 0.15) is 18.0 Å². The molecule has 1 N–H and O–H groups in total. The molecule has 7 heteroatoms. The van der Waals surface area contributed by atoms with Gasteiger partial charge in [-0.3, -0.25) is 14.3 Å². The van der Waals surface area contributed by atoms with Crippen LogP contribution in [0.4, 0.5) is 8.78 Å². The Labute approximate surface area is 130 Å². The average molecular weight is 322 g/mol. The lowest BCUT2D eigenvalue weighted by molar-refractivity contribution is -0.0318. The second-order valence-electron chi connectivity index (χ2n) is 5.65. The summed E-state index contributed by atoms with van der Waals surface area (Å²) in [6.45, 7) is 0.620. The van der Waals surface area contributed by atoms with Gasteiger partial charge in [0.1, 0.15) is 6.17 Å². The maximum Gasteiger partial charge on any atom is 0.328 e. The number of aromatic nitrogens is 2. The van der Waals surface area contributed by atoms with Crippen molar-refractivity contribution in [3.8, 4) is 0 Å². The highest BCUT2D eigenvalue weighted by atomic mass is 19.1. The number of benzene rings is 1. The van der Waals surface area contributed by atoms with Gasteiger partial charge in [-0.2, -0.15) is 4.39 Å². The van der Waals surface area contributed by atoms with E-state index in [1.165, 1.54) is 0 Å². The van der Waals surface area contributed by atoms with Gasteiger partial charge in [-0.05, 0) is 12.0 Å². The Hall–Kier alpha value is -2.28. The summed E-state index contributed by atoms with van der Waals surface area (Å²) in [5.41, 5.74) is -0.894. The summed E-state index contributed by atoms with van der Waals surface area (Å²) in [6, 6.07) is 8.76. The average Bonchev–Trinajstić information content (AvgIpc) is 2.55. The van der Waals surface area contributed by atoms with Crippen LogP contribution in [0.25, 0.3) is 0 Å². The van der Waals surface area contributed by atoms with E-state index in [0.29, 0.717) is 13.0 Å². The molecule has 0 spiro atoms. The molecule has 1 aliphatic carbocycles. The fraction of sp³-hybridized carbons (Fsp3) is 0.375. The number of halogens is 2. The minimum Gasteiger partial charge on any atom is -0.376 e. The molecule has 3 rings (SSSR count). The van der Waals surface area contributed by atoms with E-state index in [9.17, 15) is 18.4 Å². The number of H-pyrrole nitrogens is 1. The molecule has 23 heavy (non-hydrogen) atoms. The second-order valence-corrected chi connectivity index (χ2v) is 5.65. The minimum absolute atomic E-state index is 0.229. The van der Waals surface area contributed by atoms with Crippen molar-refractivity contribution in [2.24, 2.45) is 5.92 Å². The van der Waals surface area contributed by atoms with Gasteiger partial charge in [0.25, 0.3) is 5.56 Å². The highest BCUT2D eigenvalue weighted by Gasteiger charge is 2.43. The van der Waals surface area contributed by atoms with Crippen LogP contribution in [-0.2, 0) is 11.3 Å². The highest BCUT2D eigenvalue weighted by molar-refractivity contribution is 5.13. The van der Waals surface area contributed by atoms with Crippen molar-refractivity contribution in [3.05, 3.63) is 68.7 Å². The van der Waals surface area contributed by atoms with E-state index in [1.807, 2.05) is 35.3 Å². The largest absolute Gasteiger partial charge is 0.376 e. The number of hydrogen-bond donors (Lipinski definition) is 1. The Morgan fingerprint density at radius 1 is 1.26 bits per heavy atom. The molecule has 1 heterocycles. The third kappa shape index (κ3) is 3.24. The molecule has 0 saturated heterocycles. The molecule has 0 amide bonds. The molecular weight excluding hydrogens is 306 g/mol. The predicted octanol–water partition coefficient (Wildman–Crippen LogP) is 1.79. The summed E-state index contributed by atoms with van der Waals surface area (Å²) in [4.78, 5) is 24.4. The van der Waals surface area contributed by atoms with Crippen LogP contribution in [0.5, 0.6) is 0 Å². The smallest absolute Gasteiger partial charge is 0.328 e. The van der Waals surface area contributed by atoms with Gasteiger partial charge in [-0.15, -0.1) is 0 Å². The van der Waals surface area contributed by atoms with Gasteiger partial charge in [-0.25, -0.2) is 9.18 Å². The zero-order valence-corrected chi connectivity index (χ0v) is 12.2. The topological polar surface area (TPSA) is 64.1 Å². The van der Waals surface area contributed by atoms with Crippen LogP contribution in [0, 0.1) is 11.7 Å².